The van der Waals surface area contributed by atoms with E-state index in [1.54, 1.807) is 18.2 Å². The molecule has 7 heteroatoms. The summed E-state index contributed by atoms with van der Waals surface area (Å²) in [6, 6.07) is 11.9. The van der Waals surface area contributed by atoms with Crippen LogP contribution in [0.4, 0.5) is 11.4 Å². The number of ketones is 1. The number of hydrogen-bond donors (Lipinski definition) is 0. The second-order valence-corrected chi connectivity index (χ2v) is 5.47. The van der Waals surface area contributed by atoms with Gasteiger partial charge in [-0.15, -0.1) is 0 Å². The quantitative estimate of drug-likeness (QED) is 0.412. The van der Waals surface area contributed by atoms with Crippen LogP contribution in [0.5, 0.6) is 0 Å². The Bertz CT molecular complexity index is 1090. The zero-order chi connectivity index (χ0) is 17.0. The van der Waals surface area contributed by atoms with Crippen molar-refractivity contribution in [2.45, 2.75) is 0 Å². The summed E-state index contributed by atoms with van der Waals surface area (Å²) in [6.45, 7) is 0. The number of nitro benzene ring substituents is 2. The number of carbonyl (C=O) groups excluding carboxylic acids is 1. The van der Waals surface area contributed by atoms with E-state index in [0.717, 1.165) is 5.39 Å². The molecule has 0 saturated heterocycles. The molecule has 24 heavy (non-hydrogen) atoms. The molecular weight excluding hydrogens is 312 g/mol. The smallest absolute Gasteiger partial charge is 0.270 e. The fourth-order valence-electron chi connectivity index (χ4n) is 3.10. The second-order valence-electron chi connectivity index (χ2n) is 5.47. The Morgan fingerprint density at radius 1 is 0.708 bits per heavy atom. The minimum Gasteiger partial charge on any atom is -0.289 e. The van der Waals surface area contributed by atoms with Gasteiger partial charge in [0.2, 0.25) is 0 Å². The molecule has 0 amide bonds. The molecule has 0 N–H and O–H groups in total. The van der Waals surface area contributed by atoms with Gasteiger partial charge < -0.3 is 0 Å². The molecule has 1 aliphatic rings. The normalized spacial score (nSPS) is 12.1. The van der Waals surface area contributed by atoms with Gasteiger partial charge in [0.15, 0.2) is 5.78 Å². The monoisotopic (exact) mass is 320 g/mol. The van der Waals surface area contributed by atoms with Gasteiger partial charge in [0, 0.05) is 41.0 Å². The molecule has 3 aromatic carbocycles. The van der Waals surface area contributed by atoms with Crippen LogP contribution in [0.15, 0.2) is 48.5 Å². The van der Waals surface area contributed by atoms with Crippen molar-refractivity contribution in [1.82, 2.24) is 0 Å². The van der Waals surface area contributed by atoms with Crippen LogP contribution in [0.1, 0.15) is 15.9 Å². The van der Waals surface area contributed by atoms with Gasteiger partial charge in [-0.05, 0) is 34.5 Å². The molecule has 0 spiro atoms. The first-order chi connectivity index (χ1) is 11.5. The third-order valence-corrected chi connectivity index (χ3v) is 4.19. The Balaban J connectivity index is 2.07. The van der Waals surface area contributed by atoms with Crippen LogP contribution in [-0.4, -0.2) is 15.6 Å². The lowest BCUT2D eigenvalue weighted by Gasteiger charge is -2.06. The van der Waals surface area contributed by atoms with E-state index < -0.39 is 9.85 Å². The predicted octanol–water partition coefficient (Wildman–Crippen LogP) is 3.87. The van der Waals surface area contributed by atoms with E-state index in [2.05, 4.69) is 0 Å². The molecule has 0 bridgehead atoms. The average Bonchev–Trinajstić information content (AvgIpc) is 2.87. The van der Waals surface area contributed by atoms with E-state index in [4.69, 9.17) is 0 Å². The predicted molar refractivity (Wildman–Crippen MR) is 86.1 cm³/mol. The second kappa shape index (κ2) is 4.69. The zero-order valence-corrected chi connectivity index (χ0v) is 12.1. The van der Waals surface area contributed by atoms with Gasteiger partial charge in [-0.25, -0.2) is 0 Å². The molecule has 0 atom stereocenters. The van der Waals surface area contributed by atoms with E-state index in [1.807, 2.05) is 0 Å². The highest BCUT2D eigenvalue weighted by Gasteiger charge is 2.30. The molecular formula is C17H8N2O5. The van der Waals surface area contributed by atoms with Gasteiger partial charge in [-0.1, -0.05) is 6.07 Å². The lowest BCUT2D eigenvalue weighted by molar-refractivity contribution is -0.385. The first kappa shape index (κ1) is 14.0. The number of carbonyl (C=O) groups is 1. The van der Waals surface area contributed by atoms with Crippen molar-refractivity contribution in [1.29, 1.82) is 0 Å². The highest BCUT2D eigenvalue weighted by molar-refractivity contribution is 6.26. The molecule has 0 unspecified atom stereocenters. The Morgan fingerprint density at radius 2 is 1.29 bits per heavy atom. The minimum absolute atomic E-state index is 0.0706. The Labute approximate surface area is 134 Å². The standard InChI is InChI=1S/C17H8N2O5/c20-17-13-5-2-9-1-3-10(18(21)22)7-14(9)16(13)12-6-4-11(19(23)24)8-15(12)17/h1-8H. The largest absolute Gasteiger partial charge is 0.289 e. The van der Waals surface area contributed by atoms with Crippen molar-refractivity contribution in [3.05, 3.63) is 79.9 Å². The highest BCUT2D eigenvalue weighted by Crippen LogP contribution is 2.43. The molecule has 1 aliphatic carbocycles. The molecule has 0 aromatic heterocycles. The summed E-state index contributed by atoms with van der Waals surface area (Å²) in [5.41, 5.74) is 1.57. The first-order valence-corrected chi connectivity index (χ1v) is 7.02. The summed E-state index contributed by atoms with van der Waals surface area (Å²) in [6.07, 6.45) is 0. The Morgan fingerprint density at radius 3 is 2.00 bits per heavy atom. The molecule has 0 fully saturated rings. The third kappa shape index (κ3) is 1.81. The number of non-ortho nitro benzene ring substituents is 2. The van der Waals surface area contributed by atoms with Crippen LogP contribution in [-0.2, 0) is 0 Å². The maximum absolute atomic E-state index is 12.6. The molecule has 0 aliphatic heterocycles. The van der Waals surface area contributed by atoms with E-state index >= 15 is 0 Å². The fourth-order valence-corrected chi connectivity index (χ4v) is 3.10. The van der Waals surface area contributed by atoms with Crippen molar-refractivity contribution in [3.63, 3.8) is 0 Å². The van der Waals surface area contributed by atoms with Crippen molar-refractivity contribution >= 4 is 27.9 Å². The van der Waals surface area contributed by atoms with Crippen LogP contribution in [0.2, 0.25) is 0 Å². The van der Waals surface area contributed by atoms with E-state index in [-0.39, 0.29) is 22.7 Å². The van der Waals surface area contributed by atoms with Crippen molar-refractivity contribution in [2.24, 2.45) is 0 Å². The maximum atomic E-state index is 12.6. The van der Waals surface area contributed by atoms with Gasteiger partial charge in [0.1, 0.15) is 0 Å². The Kier molecular flexibility index (Phi) is 2.74. The van der Waals surface area contributed by atoms with E-state index in [9.17, 15) is 25.0 Å². The number of rotatable bonds is 2. The van der Waals surface area contributed by atoms with Crippen LogP contribution in [0.25, 0.3) is 21.9 Å². The summed E-state index contributed by atoms with van der Waals surface area (Å²) in [7, 11) is 0. The van der Waals surface area contributed by atoms with Crippen LogP contribution in [0, 0.1) is 20.2 Å². The van der Waals surface area contributed by atoms with Gasteiger partial charge in [0.25, 0.3) is 11.4 Å². The number of fused-ring (bicyclic) bond motifs is 5. The zero-order valence-electron chi connectivity index (χ0n) is 12.1. The summed E-state index contributed by atoms with van der Waals surface area (Å²) >= 11 is 0. The summed E-state index contributed by atoms with van der Waals surface area (Å²) in [4.78, 5) is 33.5. The number of benzene rings is 3. The lowest BCUT2D eigenvalue weighted by atomic mass is 9.97. The summed E-state index contributed by atoms with van der Waals surface area (Å²) in [5.74, 6) is -0.308. The van der Waals surface area contributed by atoms with Crippen molar-refractivity contribution in [3.8, 4) is 11.1 Å². The SMILES string of the molecule is O=C1c2cc([N+](=O)[O-])ccc2-c2c1ccc1ccc([N+](=O)[O-])cc21. The van der Waals surface area contributed by atoms with E-state index in [0.29, 0.717) is 22.1 Å². The molecule has 116 valence electrons. The highest BCUT2D eigenvalue weighted by atomic mass is 16.6. The Hall–Kier alpha value is -3.61. The van der Waals surface area contributed by atoms with E-state index in [1.165, 1.54) is 30.3 Å². The van der Waals surface area contributed by atoms with Crippen LogP contribution < -0.4 is 0 Å². The van der Waals surface area contributed by atoms with Gasteiger partial charge in [-0.3, -0.25) is 25.0 Å². The van der Waals surface area contributed by atoms with Gasteiger partial charge in [0.05, 0.1) is 9.85 Å². The van der Waals surface area contributed by atoms with Gasteiger partial charge >= 0.3 is 0 Å². The average molecular weight is 320 g/mol. The third-order valence-electron chi connectivity index (χ3n) is 4.19. The van der Waals surface area contributed by atoms with Crippen molar-refractivity contribution in [2.75, 3.05) is 0 Å². The summed E-state index contributed by atoms with van der Waals surface area (Å²) in [5, 5.41) is 23.3. The lowest BCUT2D eigenvalue weighted by Crippen LogP contribution is -1.96. The molecule has 0 heterocycles. The number of nitrogens with zero attached hydrogens (tertiary/aromatic N) is 2. The van der Waals surface area contributed by atoms with Crippen LogP contribution >= 0.6 is 0 Å². The number of nitro groups is 2. The fraction of sp³-hybridized carbons (Fsp3) is 0. The summed E-state index contributed by atoms with van der Waals surface area (Å²) < 4.78 is 0. The topological polar surface area (TPSA) is 103 Å². The molecule has 7 nitrogen and oxygen atoms in total. The molecule has 3 aromatic rings. The molecule has 0 saturated carbocycles. The van der Waals surface area contributed by atoms with Crippen LogP contribution in [0.3, 0.4) is 0 Å². The first-order valence-electron chi connectivity index (χ1n) is 7.02. The minimum atomic E-state index is -0.556. The maximum Gasteiger partial charge on any atom is 0.270 e. The molecule has 4 rings (SSSR count). The van der Waals surface area contributed by atoms with Crippen molar-refractivity contribution < 1.29 is 14.6 Å². The number of hydrogen-bond acceptors (Lipinski definition) is 5. The van der Waals surface area contributed by atoms with Gasteiger partial charge in [-0.2, -0.15) is 0 Å². The molecule has 0 radical (unpaired) electrons.